The molecule has 17 heavy (non-hydrogen) atoms. The van der Waals surface area contributed by atoms with Crippen LogP contribution in [-0.2, 0) is 0 Å². The topological polar surface area (TPSA) is 49.5 Å². The van der Waals surface area contributed by atoms with Crippen LogP contribution >= 0.6 is 0 Å². The fourth-order valence-corrected chi connectivity index (χ4v) is 1.24. The quantitative estimate of drug-likeness (QED) is 0.372. The largest absolute Gasteiger partial charge is 0.623 e. The highest BCUT2D eigenvalue weighted by Gasteiger charge is 2.24. The van der Waals surface area contributed by atoms with Crippen molar-refractivity contribution in [2.75, 3.05) is 25.6 Å². The van der Waals surface area contributed by atoms with Crippen LogP contribution in [0.4, 0.5) is 5.69 Å². The van der Waals surface area contributed by atoms with Gasteiger partial charge < -0.3 is 15.2 Å². The van der Waals surface area contributed by atoms with Crippen LogP contribution in [0.5, 0.6) is 0 Å². The van der Waals surface area contributed by atoms with Gasteiger partial charge in [-0.25, -0.2) is 4.74 Å². The number of aliphatic hydroxyl groups excluding tert-OH is 1. The number of hydroxylamine groups is 1. The molecule has 4 nitrogen and oxygen atoms in total. The minimum absolute atomic E-state index is 0.178. The van der Waals surface area contributed by atoms with Crippen LogP contribution in [0.15, 0.2) is 24.3 Å². The maximum atomic E-state index is 11.8. The second kappa shape index (κ2) is 5.19. The van der Waals surface area contributed by atoms with E-state index in [1.807, 2.05) is 43.3 Å². The lowest BCUT2D eigenvalue weighted by atomic mass is 10.1. The summed E-state index contributed by atoms with van der Waals surface area (Å²) >= 11 is 0. The van der Waals surface area contributed by atoms with E-state index < -0.39 is 5.54 Å². The molecule has 0 saturated heterocycles. The Kier molecular flexibility index (Phi) is 4.12. The van der Waals surface area contributed by atoms with E-state index in [0.717, 1.165) is 16.0 Å². The highest BCUT2D eigenvalue weighted by Crippen LogP contribution is 2.12. The molecule has 1 rings (SSSR count). The Balaban J connectivity index is 2.92. The molecule has 0 radical (unpaired) electrons. The van der Waals surface area contributed by atoms with Gasteiger partial charge in [0.05, 0.1) is 0 Å². The van der Waals surface area contributed by atoms with Gasteiger partial charge in [-0.2, -0.15) is 0 Å². The van der Waals surface area contributed by atoms with Gasteiger partial charge in [0, 0.05) is 39.2 Å². The minimum atomic E-state index is -0.791. The summed E-state index contributed by atoms with van der Waals surface area (Å²) in [6.07, 6.45) is 1.50. The normalized spacial score (nSPS) is 12.6. The maximum absolute atomic E-state index is 11.8. The molecule has 94 valence electrons. The van der Waals surface area contributed by atoms with Crippen LogP contribution < -0.4 is 4.90 Å². The van der Waals surface area contributed by atoms with Gasteiger partial charge in [-0.1, -0.05) is 0 Å². The molecule has 0 unspecified atom stereocenters. The van der Waals surface area contributed by atoms with Gasteiger partial charge in [-0.05, 0) is 24.3 Å². The van der Waals surface area contributed by atoms with Crippen molar-refractivity contribution in [1.29, 1.82) is 0 Å². The van der Waals surface area contributed by atoms with Crippen LogP contribution in [0.25, 0.3) is 0 Å². The minimum Gasteiger partial charge on any atom is -0.623 e. The predicted octanol–water partition coefficient (Wildman–Crippen LogP) is 1.45. The molecule has 1 aromatic carbocycles. The molecule has 0 bridgehead atoms. The third kappa shape index (κ3) is 3.46. The Hall–Kier alpha value is -1.55. The summed E-state index contributed by atoms with van der Waals surface area (Å²) in [4.78, 5) is 2.00. The van der Waals surface area contributed by atoms with Crippen molar-refractivity contribution < 1.29 is 9.85 Å². The third-order valence-corrected chi connectivity index (χ3v) is 2.66. The summed E-state index contributed by atoms with van der Waals surface area (Å²) in [5.41, 5.74) is 1.12. The third-order valence-electron chi connectivity index (χ3n) is 2.66. The molecule has 0 aliphatic carbocycles. The molecule has 0 spiro atoms. The zero-order valence-corrected chi connectivity index (χ0v) is 10.8. The van der Waals surface area contributed by atoms with Crippen LogP contribution in [0.3, 0.4) is 0 Å². The molecule has 0 saturated carbocycles. The van der Waals surface area contributed by atoms with E-state index in [0.29, 0.717) is 0 Å². The van der Waals surface area contributed by atoms with Gasteiger partial charge >= 0.3 is 0 Å². The van der Waals surface area contributed by atoms with Crippen LogP contribution in [0.2, 0.25) is 0 Å². The first-order valence-electron chi connectivity index (χ1n) is 5.56. The summed E-state index contributed by atoms with van der Waals surface area (Å²) in [7, 11) is 3.93. The molecular formula is C13H20N2O2. The Morgan fingerprint density at radius 2 is 1.82 bits per heavy atom. The zero-order chi connectivity index (χ0) is 13.1. The summed E-state index contributed by atoms with van der Waals surface area (Å²) in [6.45, 7) is 3.22. The lowest BCUT2D eigenvalue weighted by molar-refractivity contribution is -0.539. The Morgan fingerprint density at radius 1 is 1.29 bits per heavy atom. The molecule has 0 amide bonds. The molecule has 4 heteroatoms. The average Bonchev–Trinajstić information content (AvgIpc) is 2.29. The highest BCUT2D eigenvalue weighted by molar-refractivity contribution is 5.76. The average molecular weight is 236 g/mol. The van der Waals surface area contributed by atoms with Gasteiger partial charge in [-0.3, -0.25) is 0 Å². The highest BCUT2D eigenvalue weighted by atomic mass is 16.5. The van der Waals surface area contributed by atoms with E-state index in [2.05, 4.69) is 0 Å². The Labute approximate surface area is 102 Å². The van der Waals surface area contributed by atoms with Gasteiger partial charge in [0.2, 0.25) is 0 Å². The van der Waals surface area contributed by atoms with Crippen molar-refractivity contribution in [3.63, 3.8) is 0 Å². The Bertz CT molecular complexity index is 394. The standard InChI is InChI=1S/C13H20N2O2/c1-13(2,10-16)15(17)9-11-5-7-12(8-6-11)14(3)4/h5-9,16H,10H2,1-4H3/b15-9+. The van der Waals surface area contributed by atoms with Crippen molar-refractivity contribution in [1.82, 2.24) is 0 Å². The molecule has 1 aromatic rings. The number of nitrogens with zero attached hydrogens (tertiary/aromatic N) is 2. The van der Waals surface area contributed by atoms with E-state index >= 15 is 0 Å². The van der Waals surface area contributed by atoms with Crippen molar-refractivity contribution in [2.24, 2.45) is 0 Å². The van der Waals surface area contributed by atoms with E-state index in [1.165, 1.54) is 6.21 Å². The SMILES string of the molecule is CN(C)c1ccc(/C=[N+](/[O-])C(C)(C)CO)cc1. The lowest BCUT2D eigenvalue weighted by Crippen LogP contribution is -2.37. The van der Waals surface area contributed by atoms with Crippen molar-refractivity contribution >= 4 is 11.9 Å². The molecule has 1 N–H and O–H groups in total. The number of rotatable bonds is 4. The summed E-state index contributed by atoms with van der Waals surface area (Å²) in [5, 5.41) is 20.9. The van der Waals surface area contributed by atoms with Gasteiger partial charge in [0.15, 0.2) is 11.8 Å². The molecule has 0 atom stereocenters. The molecule has 0 aliphatic rings. The molecular weight excluding hydrogens is 216 g/mol. The summed E-state index contributed by atoms with van der Waals surface area (Å²) in [6, 6.07) is 7.67. The van der Waals surface area contributed by atoms with E-state index in [9.17, 15) is 5.21 Å². The maximum Gasteiger partial charge on any atom is 0.190 e. The number of hydrogen-bond acceptors (Lipinski definition) is 3. The molecule has 0 fully saturated rings. The number of benzene rings is 1. The van der Waals surface area contributed by atoms with Crippen LogP contribution in [0.1, 0.15) is 19.4 Å². The smallest absolute Gasteiger partial charge is 0.190 e. The van der Waals surface area contributed by atoms with E-state index in [-0.39, 0.29) is 6.61 Å². The first kappa shape index (κ1) is 13.5. The fraction of sp³-hybridized carbons (Fsp3) is 0.462. The van der Waals surface area contributed by atoms with Crippen molar-refractivity contribution in [3.05, 3.63) is 35.0 Å². The van der Waals surface area contributed by atoms with E-state index in [1.54, 1.807) is 13.8 Å². The summed E-state index contributed by atoms with van der Waals surface area (Å²) in [5.74, 6) is 0. The van der Waals surface area contributed by atoms with Crippen molar-refractivity contribution in [2.45, 2.75) is 19.4 Å². The number of anilines is 1. The Morgan fingerprint density at radius 3 is 2.24 bits per heavy atom. The molecule has 0 heterocycles. The van der Waals surface area contributed by atoms with Crippen LogP contribution in [-0.4, -0.2) is 42.3 Å². The van der Waals surface area contributed by atoms with Crippen LogP contribution in [0, 0.1) is 5.21 Å². The number of hydrogen-bond donors (Lipinski definition) is 1. The fourth-order valence-electron chi connectivity index (χ4n) is 1.24. The first-order chi connectivity index (χ1) is 7.86. The molecule has 0 aliphatic heterocycles. The van der Waals surface area contributed by atoms with Crippen molar-refractivity contribution in [3.8, 4) is 0 Å². The first-order valence-corrected chi connectivity index (χ1v) is 5.56. The number of aliphatic hydroxyl groups is 1. The van der Waals surface area contributed by atoms with Gasteiger partial charge in [0.25, 0.3) is 0 Å². The second-order valence-corrected chi connectivity index (χ2v) is 4.91. The lowest BCUT2D eigenvalue weighted by Gasteiger charge is -2.21. The zero-order valence-electron chi connectivity index (χ0n) is 10.8. The predicted molar refractivity (Wildman–Crippen MR) is 70.7 cm³/mol. The van der Waals surface area contributed by atoms with Gasteiger partial charge in [-0.15, -0.1) is 0 Å². The second-order valence-electron chi connectivity index (χ2n) is 4.91. The summed E-state index contributed by atoms with van der Waals surface area (Å²) < 4.78 is 0.789. The van der Waals surface area contributed by atoms with Gasteiger partial charge in [0.1, 0.15) is 6.61 Å². The molecule has 0 aromatic heterocycles. The monoisotopic (exact) mass is 236 g/mol. The van der Waals surface area contributed by atoms with E-state index in [4.69, 9.17) is 5.11 Å².